The summed E-state index contributed by atoms with van der Waals surface area (Å²) in [5, 5.41) is 0.0663. The molecule has 2 rings (SSSR count). The van der Waals surface area contributed by atoms with Gasteiger partial charge >= 0.3 is 0 Å². The molecule has 0 N–H and O–H groups in total. The second-order valence-corrected chi connectivity index (χ2v) is 5.43. The van der Waals surface area contributed by atoms with Gasteiger partial charge in [0.2, 0.25) is 0 Å². The van der Waals surface area contributed by atoms with Crippen molar-refractivity contribution in [3.05, 3.63) is 34.6 Å². The van der Waals surface area contributed by atoms with Crippen molar-refractivity contribution in [2.24, 2.45) is 5.92 Å². The molecular formula is C15H18ClFO2. The summed E-state index contributed by atoms with van der Waals surface area (Å²) in [6, 6.07) is 4.58. The minimum Gasteiger partial charge on any atom is -0.378 e. The van der Waals surface area contributed by atoms with Gasteiger partial charge in [-0.3, -0.25) is 4.79 Å². The highest BCUT2D eigenvalue weighted by atomic mass is 35.5. The monoisotopic (exact) mass is 284 g/mol. The van der Waals surface area contributed by atoms with Gasteiger partial charge in [-0.25, -0.2) is 4.39 Å². The second kappa shape index (κ2) is 6.49. The summed E-state index contributed by atoms with van der Waals surface area (Å²) in [4.78, 5) is 11.9. The van der Waals surface area contributed by atoms with Crippen molar-refractivity contribution in [3.8, 4) is 0 Å². The van der Waals surface area contributed by atoms with Crippen LogP contribution >= 0.6 is 11.6 Å². The van der Waals surface area contributed by atoms with Crippen LogP contribution in [0.2, 0.25) is 5.02 Å². The average Bonchev–Trinajstić information content (AvgIpc) is 2.32. The molecule has 1 aromatic carbocycles. The maximum Gasteiger partial charge on any atom is 0.142 e. The van der Waals surface area contributed by atoms with E-state index in [1.165, 1.54) is 6.07 Å². The molecule has 0 aliphatic heterocycles. The standard InChI is InChI=1S/C15H18ClFO2/c1-2-19-13-7-10(8-13)6-12(18)9-11-4-3-5-14(17)15(11)16/h3-5,10,13H,2,6-9H2,1H3. The fraction of sp³-hybridized carbons (Fsp3) is 0.533. The highest BCUT2D eigenvalue weighted by Gasteiger charge is 2.31. The van der Waals surface area contributed by atoms with Crippen LogP contribution in [0.25, 0.3) is 0 Å². The molecular weight excluding hydrogens is 267 g/mol. The zero-order valence-electron chi connectivity index (χ0n) is 11.0. The van der Waals surface area contributed by atoms with Gasteiger partial charge in [0.05, 0.1) is 11.1 Å². The maximum absolute atomic E-state index is 13.2. The smallest absolute Gasteiger partial charge is 0.142 e. The Bertz CT molecular complexity index is 455. The SMILES string of the molecule is CCOC1CC(CC(=O)Cc2cccc(F)c2Cl)C1. The molecule has 0 saturated heterocycles. The molecule has 0 radical (unpaired) electrons. The lowest BCUT2D eigenvalue weighted by Gasteiger charge is -2.34. The molecule has 0 spiro atoms. The summed E-state index contributed by atoms with van der Waals surface area (Å²) in [5.41, 5.74) is 0.576. The zero-order chi connectivity index (χ0) is 13.8. The van der Waals surface area contributed by atoms with Gasteiger partial charge in [-0.1, -0.05) is 23.7 Å². The minimum atomic E-state index is -0.466. The van der Waals surface area contributed by atoms with E-state index in [0.717, 1.165) is 19.4 Å². The van der Waals surface area contributed by atoms with E-state index in [0.29, 0.717) is 24.0 Å². The van der Waals surface area contributed by atoms with Crippen LogP contribution in [-0.2, 0) is 16.0 Å². The Morgan fingerprint density at radius 1 is 1.47 bits per heavy atom. The third-order valence-electron chi connectivity index (χ3n) is 3.53. The van der Waals surface area contributed by atoms with Gasteiger partial charge in [0.1, 0.15) is 11.6 Å². The van der Waals surface area contributed by atoms with Gasteiger partial charge in [0.25, 0.3) is 0 Å². The number of rotatable bonds is 6. The summed E-state index contributed by atoms with van der Waals surface area (Å²) in [6.07, 6.45) is 2.98. The molecule has 2 nitrogen and oxygen atoms in total. The molecule has 1 saturated carbocycles. The van der Waals surface area contributed by atoms with Gasteiger partial charge < -0.3 is 4.74 Å². The van der Waals surface area contributed by atoms with Crippen LogP contribution in [0.4, 0.5) is 4.39 Å². The third-order valence-corrected chi connectivity index (χ3v) is 3.95. The van der Waals surface area contributed by atoms with E-state index in [1.807, 2.05) is 6.92 Å². The lowest BCUT2D eigenvalue weighted by Crippen LogP contribution is -2.33. The van der Waals surface area contributed by atoms with Gasteiger partial charge in [0, 0.05) is 19.4 Å². The molecule has 1 fully saturated rings. The summed E-state index contributed by atoms with van der Waals surface area (Å²) in [7, 11) is 0. The van der Waals surface area contributed by atoms with E-state index < -0.39 is 5.82 Å². The topological polar surface area (TPSA) is 26.3 Å². The first-order valence-corrected chi connectivity index (χ1v) is 7.04. The van der Waals surface area contributed by atoms with Crippen LogP contribution in [-0.4, -0.2) is 18.5 Å². The number of hydrogen-bond donors (Lipinski definition) is 0. The first kappa shape index (κ1) is 14.5. The van der Waals surface area contributed by atoms with Crippen LogP contribution in [0.1, 0.15) is 31.7 Å². The lowest BCUT2D eigenvalue weighted by atomic mass is 9.78. The number of benzene rings is 1. The van der Waals surface area contributed by atoms with Crippen LogP contribution in [0.3, 0.4) is 0 Å². The Morgan fingerprint density at radius 3 is 2.89 bits per heavy atom. The van der Waals surface area contributed by atoms with Crippen LogP contribution in [0.5, 0.6) is 0 Å². The third kappa shape index (κ3) is 3.77. The molecule has 0 aromatic heterocycles. The highest BCUT2D eigenvalue weighted by Crippen LogP contribution is 2.33. The summed E-state index contributed by atoms with van der Waals surface area (Å²) in [5.74, 6) is 0.0656. The average molecular weight is 285 g/mol. The first-order chi connectivity index (χ1) is 9.10. The molecule has 4 heteroatoms. The van der Waals surface area contributed by atoms with E-state index >= 15 is 0 Å². The van der Waals surface area contributed by atoms with Crippen LogP contribution in [0.15, 0.2) is 18.2 Å². The summed E-state index contributed by atoms with van der Waals surface area (Å²) < 4.78 is 18.7. The van der Waals surface area contributed by atoms with Crippen molar-refractivity contribution in [2.75, 3.05) is 6.61 Å². The van der Waals surface area contributed by atoms with Gasteiger partial charge in [-0.05, 0) is 37.3 Å². The number of ketones is 1. The number of halogens is 2. The number of Topliss-reactive ketones (excluding diaryl/α,β-unsaturated/α-hetero) is 1. The van der Waals surface area contributed by atoms with E-state index in [1.54, 1.807) is 12.1 Å². The zero-order valence-corrected chi connectivity index (χ0v) is 11.8. The second-order valence-electron chi connectivity index (χ2n) is 5.05. The number of carbonyl (C=O) groups is 1. The van der Waals surface area contributed by atoms with Gasteiger partial charge in [-0.15, -0.1) is 0 Å². The fourth-order valence-electron chi connectivity index (χ4n) is 2.50. The van der Waals surface area contributed by atoms with Crippen molar-refractivity contribution < 1.29 is 13.9 Å². The predicted molar refractivity (Wildman–Crippen MR) is 72.9 cm³/mol. The minimum absolute atomic E-state index is 0.0663. The van der Waals surface area contributed by atoms with Crippen molar-refractivity contribution >= 4 is 17.4 Å². The Morgan fingerprint density at radius 2 is 2.21 bits per heavy atom. The first-order valence-electron chi connectivity index (χ1n) is 6.66. The molecule has 104 valence electrons. The summed E-state index contributed by atoms with van der Waals surface area (Å²) in [6.45, 7) is 2.70. The van der Waals surface area contributed by atoms with E-state index in [9.17, 15) is 9.18 Å². The quantitative estimate of drug-likeness (QED) is 0.794. The lowest BCUT2D eigenvalue weighted by molar-refractivity contribution is -0.121. The van der Waals surface area contributed by atoms with Gasteiger partial charge in [-0.2, -0.15) is 0 Å². The molecule has 19 heavy (non-hydrogen) atoms. The number of carbonyl (C=O) groups excluding carboxylic acids is 1. The molecule has 1 aliphatic carbocycles. The number of ether oxygens (including phenoxy) is 1. The fourth-order valence-corrected chi connectivity index (χ4v) is 2.70. The Kier molecular flexibility index (Phi) is 4.94. The molecule has 0 unspecified atom stereocenters. The highest BCUT2D eigenvalue weighted by molar-refractivity contribution is 6.31. The van der Waals surface area contributed by atoms with E-state index in [4.69, 9.17) is 16.3 Å². The van der Waals surface area contributed by atoms with Crippen molar-refractivity contribution in [3.63, 3.8) is 0 Å². The van der Waals surface area contributed by atoms with Crippen molar-refractivity contribution in [1.82, 2.24) is 0 Å². The number of hydrogen-bond acceptors (Lipinski definition) is 2. The molecule has 1 aromatic rings. The van der Waals surface area contributed by atoms with Crippen molar-refractivity contribution in [1.29, 1.82) is 0 Å². The normalized spacial score (nSPS) is 22.1. The Balaban J connectivity index is 1.81. The Labute approximate surface area is 117 Å². The molecule has 0 atom stereocenters. The summed E-state index contributed by atoms with van der Waals surface area (Å²) >= 11 is 5.84. The molecule has 0 bridgehead atoms. The van der Waals surface area contributed by atoms with Crippen LogP contribution in [0, 0.1) is 11.7 Å². The maximum atomic E-state index is 13.2. The van der Waals surface area contributed by atoms with E-state index in [2.05, 4.69) is 0 Å². The molecule has 1 aliphatic rings. The molecule has 0 amide bonds. The predicted octanol–water partition coefficient (Wildman–Crippen LogP) is 3.80. The van der Waals surface area contributed by atoms with Gasteiger partial charge in [0.15, 0.2) is 0 Å². The van der Waals surface area contributed by atoms with Crippen LogP contribution < -0.4 is 0 Å². The molecule has 0 heterocycles. The van der Waals surface area contributed by atoms with Crippen molar-refractivity contribution in [2.45, 2.75) is 38.7 Å². The Hall–Kier alpha value is -0.930. The largest absolute Gasteiger partial charge is 0.378 e. The van der Waals surface area contributed by atoms with E-state index in [-0.39, 0.29) is 17.2 Å².